The summed E-state index contributed by atoms with van der Waals surface area (Å²) in [6.45, 7) is 4.52. The number of benzene rings is 1. The molecule has 19 heavy (non-hydrogen) atoms. The van der Waals surface area contributed by atoms with Gasteiger partial charge in [-0.2, -0.15) is 11.3 Å². The lowest BCUT2D eigenvalue weighted by molar-refractivity contribution is 0.0953. The van der Waals surface area contributed by atoms with Crippen LogP contribution in [0.25, 0.3) is 0 Å². The summed E-state index contributed by atoms with van der Waals surface area (Å²) in [5, 5.41) is 7.08. The SMILES string of the molecule is Cc1cc(C)c(C(=O)NCCc2ccsc2)cc1N. The zero-order valence-corrected chi connectivity index (χ0v) is 12.0. The zero-order valence-electron chi connectivity index (χ0n) is 11.2. The molecule has 0 fully saturated rings. The molecule has 0 atom stereocenters. The maximum absolute atomic E-state index is 12.1. The Balaban J connectivity index is 1.98. The van der Waals surface area contributed by atoms with E-state index in [0.717, 1.165) is 17.5 Å². The van der Waals surface area contributed by atoms with Gasteiger partial charge >= 0.3 is 0 Å². The Labute approximate surface area is 117 Å². The number of nitrogens with two attached hydrogens (primary N) is 1. The molecular weight excluding hydrogens is 256 g/mol. The molecule has 0 saturated heterocycles. The Morgan fingerprint density at radius 1 is 1.32 bits per heavy atom. The van der Waals surface area contributed by atoms with Crippen LogP contribution in [0.3, 0.4) is 0 Å². The van der Waals surface area contributed by atoms with Crippen molar-refractivity contribution < 1.29 is 4.79 Å². The largest absolute Gasteiger partial charge is 0.398 e. The normalized spacial score (nSPS) is 10.4. The number of anilines is 1. The summed E-state index contributed by atoms with van der Waals surface area (Å²) in [7, 11) is 0. The van der Waals surface area contributed by atoms with E-state index in [-0.39, 0.29) is 5.91 Å². The van der Waals surface area contributed by atoms with Crippen molar-refractivity contribution in [2.45, 2.75) is 20.3 Å². The first kappa shape index (κ1) is 13.6. The summed E-state index contributed by atoms with van der Waals surface area (Å²) in [4.78, 5) is 12.1. The van der Waals surface area contributed by atoms with Crippen molar-refractivity contribution in [1.29, 1.82) is 0 Å². The van der Waals surface area contributed by atoms with Crippen LogP contribution < -0.4 is 11.1 Å². The van der Waals surface area contributed by atoms with Gasteiger partial charge in [0.2, 0.25) is 0 Å². The van der Waals surface area contributed by atoms with Gasteiger partial charge in [-0.05, 0) is 59.9 Å². The Hall–Kier alpha value is -1.81. The van der Waals surface area contributed by atoms with Crippen LogP contribution in [-0.4, -0.2) is 12.5 Å². The van der Waals surface area contributed by atoms with Crippen molar-refractivity contribution >= 4 is 22.9 Å². The van der Waals surface area contributed by atoms with E-state index in [9.17, 15) is 4.79 Å². The van der Waals surface area contributed by atoms with E-state index < -0.39 is 0 Å². The number of hydrogen-bond acceptors (Lipinski definition) is 3. The highest BCUT2D eigenvalue weighted by atomic mass is 32.1. The van der Waals surface area contributed by atoms with Gasteiger partial charge in [0.05, 0.1) is 0 Å². The molecule has 100 valence electrons. The minimum Gasteiger partial charge on any atom is -0.398 e. The van der Waals surface area contributed by atoms with Gasteiger partial charge in [-0.25, -0.2) is 0 Å². The van der Waals surface area contributed by atoms with Crippen molar-refractivity contribution in [2.75, 3.05) is 12.3 Å². The second-order valence-corrected chi connectivity index (χ2v) is 5.44. The molecule has 0 radical (unpaired) electrons. The van der Waals surface area contributed by atoms with Crippen LogP contribution in [0.15, 0.2) is 29.0 Å². The van der Waals surface area contributed by atoms with E-state index in [1.54, 1.807) is 17.4 Å². The van der Waals surface area contributed by atoms with Gasteiger partial charge in [-0.3, -0.25) is 4.79 Å². The van der Waals surface area contributed by atoms with Crippen LogP contribution >= 0.6 is 11.3 Å². The topological polar surface area (TPSA) is 55.1 Å². The lowest BCUT2D eigenvalue weighted by Gasteiger charge is -2.10. The van der Waals surface area contributed by atoms with Gasteiger partial charge in [0.25, 0.3) is 5.91 Å². The molecule has 2 aromatic rings. The van der Waals surface area contributed by atoms with E-state index in [1.807, 2.05) is 25.3 Å². The number of aryl methyl sites for hydroxylation is 2. The monoisotopic (exact) mass is 274 g/mol. The third-order valence-corrected chi connectivity index (χ3v) is 3.87. The predicted molar refractivity (Wildman–Crippen MR) is 80.7 cm³/mol. The van der Waals surface area contributed by atoms with Crippen LogP contribution in [0.4, 0.5) is 5.69 Å². The standard InChI is InChI=1S/C15H18N2OS/c1-10-7-11(2)14(16)8-13(10)15(18)17-5-3-12-4-6-19-9-12/h4,6-9H,3,5,16H2,1-2H3,(H,17,18). The van der Waals surface area contributed by atoms with Gasteiger partial charge in [0, 0.05) is 17.8 Å². The molecule has 4 heteroatoms. The molecule has 0 aliphatic carbocycles. The van der Waals surface area contributed by atoms with Crippen LogP contribution in [-0.2, 0) is 6.42 Å². The molecule has 0 bridgehead atoms. The number of nitrogen functional groups attached to an aromatic ring is 1. The van der Waals surface area contributed by atoms with E-state index in [0.29, 0.717) is 17.8 Å². The number of nitrogens with one attached hydrogen (secondary N) is 1. The van der Waals surface area contributed by atoms with Gasteiger partial charge in [0.1, 0.15) is 0 Å². The number of hydrogen-bond donors (Lipinski definition) is 2. The number of amides is 1. The van der Waals surface area contributed by atoms with Crippen molar-refractivity contribution in [1.82, 2.24) is 5.32 Å². The highest BCUT2D eigenvalue weighted by molar-refractivity contribution is 7.07. The minimum atomic E-state index is -0.0561. The molecule has 0 aliphatic rings. The van der Waals surface area contributed by atoms with Crippen molar-refractivity contribution in [3.63, 3.8) is 0 Å². The van der Waals surface area contributed by atoms with E-state index >= 15 is 0 Å². The molecule has 1 aromatic heterocycles. The molecule has 1 aromatic carbocycles. The highest BCUT2D eigenvalue weighted by Gasteiger charge is 2.10. The smallest absolute Gasteiger partial charge is 0.251 e. The molecule has 3 N–H and O–H groups in total. The maximum atomic E-state index is 12.1. The van der Waals surface area contributed by atoms with Gasteiger partial charge in [-0.15, -0.1) is 0 Å². The van der Waals surface area contributed by atoms with E-state index in [4.69, 9.17) is 5.73 Å². The quantitative estimate of drug-likeness (QED) is 0.842. The second-order valence-electron chi connectivity index (χ2n) is 4.66. The van der Waals surface area contributed by atoms with Crippen LogP contribution in [0.1, 0.15) is 27.0 Å². The van der Waals surface area contributed by atoms with E-state index in [1.165, 1.54) is 5.56 Å². The molecule has 2 rings (SSSR count). The first-order chi connectivity index (χ1) is 9.08. The van der Waals surface area contributed by atoms with Crippen molar-refractivity contribution in [2.24, 2.45) is 0 Å². The predicted octanol–water partition coefficient (Wildman–Crippen LogP) is 2.92. The fraction of sp³-hybridized carbons (Fsp3) is 0.267. The lowest BCUT2D eigenvalue weighted by Crippen LogP contribution is -2.26. The average Bonchev–Trinajstić information content (AvgIpc) is 2.86. The van der Waals surface area contributed by atoms with Gasteiger partial charge in [-0.1, -0.05) is 6.07 Å². The average molecular weight is 274 g/mol. The summed E-state index contributed by atoms with van der Waals surface area (Å²) in [5.41, 5.74) is 10.4. The van der Waals surface area contributed by atoms with Crippen LogP contribution in [0.2, 0.25) is 0 Å². The fourth-order valence-electron chi connectivity index (χ4n) is 1.96. The molecule has 0 spiro atoms. The summed E-state index contributed by atoms with van der Waals surface area (Å²) < 4.78 is 0. The summed E-state index contributed by atoms with van der Waals surface area (Å²) in [6.07, 6.45) is 0.857. The number of thiophene rings is 1. The van der Waals surface area contributed by atoms with Crippen LogP contribution in [0, 0.1) is 13.8 Å². The van der Waals surface area contributed by atoms with Crippen LogP contribution in [0.5, 0.6) is 0 Å². The van der Waals surface area contributed by atoms with Gasteiger partial charge < -0.3 is 11.1 Å². The molecule has 3 nitrogen and oxygen atoms in total. The molecule has 0 unspecified atom stereocenters. The Morgan fingerprint density at radius 3 is 2.79 bits per heavy atom. The summed E-state index contributed by atoms with van der Waals surface area (Å²) >= 11 is 1.67. The molecule has 0 saturated carbocycles. The Kier molecular flexibility index (Phi) is 4.22. The second kappa shape index (κ2) is 5.89. The first-order valence-corrected chi connectivity index (χ1v) is 7.18. The summed E-state index contributed by atoms with van der Waals surface area (Å²) in [5.74, 6) is -0.0561. The fourth-order valence-corrected chi connectivity index (χ4v) is 2.67. The minimum absolute atomic E-state index is 0.0561. The first-order valence-electron chi connectivity index (χ1n) is 6.24. The zero-order chi connectivity index (χ0) is 13.8. The highest BCUT2D eigenvalue weighted by Crippen LogP contribution is 2.17. The van der Waals surface area contributed by atoms with Gasteiger partial charge in [0.15, 0.2) is 0 Å². The Bertz CT molecular complexity index is 576. The molecule has 1 heterocycles. The molecule has 1 amide bonds. The lowest BCUT2D eigenvalue weighted by atomic mass is 10.0. The maximum Gasteiger partial charge on any atom is 0.251 e. The third-order valence-electron chi connectivity index (χ3n) is 3.14. The third kappa shape index (κ3) is 3.35. The van der Waals surface area contributed by atoms with Crippen molar-refractivity contribution in [3.05, 3.63) is 51.2 Å². The number of carbonyl (C=O) groups excluding carboxylic acids is 1. The van der Waals surface area contributed by atoms with Crippen molar-refractivity contribution in [3.8, 4) is 0 Å². The van der Waals surface area contributed by atoms with E-state index in [2.05, 4.69) is 16.8 Å². The summed E-state index contributed by atoms with van der Waals surface area (Å²) in [6, 6.07) is 5.78. The molecule has 0 aliphatic heterocycles. The Morgan fingerprint density at radius 2 is 2.11 bits per heavy atom. The number of carbonyl (C=O) groups is 1. The molecular formula is C15H18N2OS. The number of rotatable bonds is 4.